The molecular weight excluding hydrogens is 480 g/mol. The van der Waals surface area contributed by atoms with E-state index in [9.17, 15) is 26.4 Å². The number of halogens is 5. The summed E-state index contributed by atoms with van der Waals surface area (Å²) in [6, 6.07) is 7.53. The molecule has 1 saturated heterocycles. The van der Waals surface area contributed by atoms with Crippen LogP contribution in [0.2, 0.25) is 10.0 Å². The van der Waals surface area contributed by atoms with Gasteiger partial charge in [0.15, 0.2) is 0 Å². The molecule has 2 N–H and O–H groups in total. The van der Waals surface area contributed by atoms with E-state index in [1.807, 2.05) is 4.72 Å². The maximum atomic E-state index is 12.9. The number of amides is 1. The smallest absolute Gasteiger partial charge is 0.371 e. The molecular formula is C19H17Cl2F3N2O4S. The van der Waals surface area contributed by atoms with Crippen molar-refractivity contribution in [3.05, 3.63) is 63.6 Å². The molecule has 2 atom stereocenters. The number of ether oxygens (including phenoxy) is 1. The van der Waals surface area contributed by atoms with Gasteiger partial charge in [-0.3, -0.25) is 4.79 Å². The van der Waals surface area contributed by atoms with E-state index in [2.05, 4.69) is 5.32 Å². The molecule has 31 heavy (non-hydrogen) atoms. The molecule has 2 unspecified atom stereocenters. The van der Waals surface area contributed by atoms with Crippen LogP contribution in [0.4, 0.5) is 13.2 Å². The van der Waals surface area contributed by atoms with Crippen molar-refractivity contribution in [3.8, 4) is 0 Å². The Morgan fingerprint density at radius 3 is 2.39 bits per heavy atom. The Labute approximate surface area is 186 Å². The van der Waals surface area contributed by atoms with Crippen molar-refractivity contribution in [2.75, 3.05) is 19.7 Å². The summed E-state index contributed by atoms with van der Waals surface area (Å²) in [5, 5.41) is 3.54. The lowest BCUT2D eigenvalue weighted by Gasteiger charge is -2.24. The van der Waals surface area contributed by atoms with Gasteiger partial charge in [-0.25, -0.2) is 13.1 Å². The molecule has 1 aliphatic heterocycles. The van der Waals surface area contributed by atoms with Crippen LogP contribution in [0.15, 0.2) is 47.4 Å². The van der Waals surface area contributed by atoms with E-state index in [0.29, 0.717) is 29.3 Å². The molecule has 2 aromatic rings. The largest absolute Gasteiger partial charge is 0.416 e. The van der Waals surface area contributed by atoms with Gasteiger partial charge in [0.1, 0.15) is 0 Å². The number of benzene rings is 2. The van der Waals surface area contributed by atoms with Crippen LogP contribution in [-0.4, -0.2) is 34.0 Å². The molecule has 0 saturated carbocycles. The molecule has 12 heteroatoms. The molecule has 1 heterocycles. The van der Waals surface area contributed by atoms with Gasteiger partial charge in [0.2, 0.25) is 5.91 Å². The van der Waals surface area contributed by atoms with E-state index < -0.39 is 44.6 Å². The van der Waals surface area contributed by atoms with Gasteiger partial charge >= 0.3 is 6.18 Å². The summed E-state index contributed by atoms with van der Waals surface area (Å²) in [5.74, 6) is -1.82. The van der Waals surface area contributed by atoms with Crippen molar-refractivity contribution < 1.29 is 31.1 Å². The van der Waals surface area contributed by atoms with Crippen molar-refractivity contribution in [1.29, 1.82) is 0 Å². The number of hydrogen-bond acceptors (Lipinski definition) is 5. The van der Waals surface area contributed by atoms with Crippen LogP contribution in [0.25, 0.3) is 0 Å². The minimum atomic E-state index is -4.61. The second-order valence-electron chi connectivity index (χ2n) is 6.77. The highest BCUT2D eigenvalue weighted by molar-refractivity contribution is 7.90. The van der Waals surface area contributed by atoms with Gasteiger partial charge in [-0.2, -0.15) is 13.2 Å². The third kappa shape index (κ3) is 5.69. The van der Waals surface area contributed by atoms with Crippen LogP contribution in [0, 0.1) is 5.92 Å². The maximum Gasteiger partial charge on any atom is 0.416 e. The zero-order valence-corrected chi connectivity index (χ0v) is 18.1. The Kier molecular flexibility index (Phi) is 7.17. The summed E-state index contributed by atoms with van der Waals surface area (Å²) in [6.45, 7) is 0.812. The van der Waals surface area contributed by atoms with Gasteiger partial charge < -0.3 is 10.1 Å². The fourth-order valence-electron chi connectivity index (χ4n) is 3.08. The molecule has 168 valence electrons. The summed E-state index contributed by atoms with van der Waals surface area (Å²) in [6.07, 6.45) is -5.42. The first kappa shape index (κ1) is 23.8. The first-order chi connectivity index (χ1) is 14.5. The Hall–Kier alpha value is -1.85. The lowest BCUT2D eigenvalue weighted by Crippen LogP contribution is -2.41. The summed E-state index contributed by atoms with van der Waals surface area (Å²) < 4.78 is 70.9. The Morgan fingerprint density at radius 2 is 1.77 bits per heavy atom. The number of nitrogens with one attached hydrogen (secondary N) is 2. The highest BCUT2D eigenvalue weighted by atomic mass is 35.5. The Bertz CT molecular complexity index is 1060. The monoisotopic (exact) mass is 496 g/mol. The first-order valence-electron chi connectivity index (χ1n) is 9.00. The predicted octanol–water partition coefficient (Wildman–Crippen LogP) is 3.79. The van der Waals surface area contributed by atoms with Crippen LogP contribution in [-0.2, 0) is 25.7 Å². The summed E-state index contributed by atoms with van der Waals surface area (Å²) >= 11 is 12.0. The number of sulfonamides is 1. The van der Waals surface area contributed by atoms with Gasteiger partial charge in [0, 0.05) is 13.1 Å². The van der Waals surface area contributed by atoms with E-state index in [0.717, 1.165) is 12.1 Å². The fraction of sp³-hybridized carbons (Fsp3) is 0.316. The van der Waals surface area contributed by atoms with E-state index >= 15 is 0 Å². The SMILES string of the molecule is O=C(NS(=O)(=O)c1ccc(C(F)(F)F)cc1)C1CNCCOC1c1ccc(Cl)c(Cl)c1. The fourth-order valence-corrected chi connectivity index (χ4v) is 4.41. The van der Waals surface area contributed by atoms with Crippen LogP contribution in [0.5, 0.6) is 0 Å². The van der Waals surface area contributed by atoms with Crippen molar-refractivity contribution in [2.45, 2.75) is 17.2 Å². The second kappa shape index (κ2) is 9.33. The Balaban J connectivity index is 1.84. The van der Waals surface area contributed by atoms with Gasteiger partial charge in [-0.1, -0.05) is 29.3 Å². The number of hydrogen-bond donors (Lipinski definition) is 2. The summed E-state index contributed by atoms with van der Waals surface area (Å²) in [7, 11) is -4.40. The zero-order valence-electron chi connectivity index (χ0n) is 15.7. The second-order valence-corrected chi connectivity index (χ2v) is 9.26. The zero-order chi connectivity index (χ0) is 22.8. The normalized spacial score (nSPS) is 20.2. The predicted molar refractivity (Wildman–Crippen MR) is 108 cm³/mol. The minimum absolute atomic E-state index is 0.110. The van der Waals surface area contributed by atoms with Crippen LogP contribution >= 0.6 is 23.2 Å². The van der Waals surface area contributed by atoms with E-state index in [1.54, 1.807) is 6.07 Å². The first-order valence-corrected chi connectivity index (χ1v) is 11.2. The average molecular weight is 497 g/mol. The highest BCUT2D eigenvalue weighted by Gasteiger charge is 2.35. The molecule has 0 bridgehead atoms. The van der Waals surface area contributed by atoms with Gasteiger partial charge in [0.05, 0.1) is 39.1 Å². The van der Waals surface area contributed by atoms with E-state index in [1.165, 1.54) is 12.1 Å². The molecule has 1 aliphatic rings. The topological polar surface area (TPSA) is 84.5 Å². The minimum Gasteiger partial charge on any atom is -0.371 e. The molecule has 3 rings (SSSR count). The van der Waals surface area contributed by atoms with Gasteiger partial charge in [0.25, 0.3) is 10.0 Å². The number of carbonyl (C=O) groups is 1. The number of rotatable bonds is 4. The third-order valence-electron chi connectivity index (χ3n) is 4.64. The standard InChI is InChI=1S/C19H17Cl2F3N2O4S/c20-15-6-1-11(9-16(15)21)17-14(10-25-7-8-30-17)18(27)26-31(28,29)13-4-2-12(3-5-13)19(22,23)24/h1-6,9,14,17,25H,7-8,10H2,(H,26,27). The lowest BCUT2D eigenvalue weighted by molar-refractivity contribution is -0.137. The van der Waals surface area contributed by atoms with Crippen molar-refractivity contribution in [1.82, 2.24) is 10.0 Å². The molecule has 1 fully saturated rings. The molecule has 0 radical (unpaired) electrons. The molecule has 0 aliphatic carbocycles. The van der Waals surface area contributed by atoms with E-state index in [4.69, 9.17) is 27.9 Å². The quantitative estimate of drug-likeness (QED) is 0.672. The van der Waals surface area contributed by atoms with Crippen molar-refractivity contribution >= 4 is 39.1 Å². The number of carbonyl (C=O) groups excluding carboxylic acids is 1. The molecule has 2 aromatic carbocycles. The van der Waals surface area contributed by atoms with Gasteiger partial charge in [-0.05, 0) is 42.0 Å². The van der Waals surface area contributed by atoms with Crippen molar-refractivity contribution in [2.24, 2.45) is 5.92 Å². The molecule has 0 spiro atoms. The highest BCUT2D eigenvalue weighted by Crippen LogP contribution is 2.33. The van der Waals surface area contributed by atoms with Gasteiger partial charge in [-0.15, -0.1) is 0 Å². The Morgan fingerprint density at radius 1 is 1.10 bits per heavy atom. The number of alkyl halides is 3. The van der Waals surface area contributed by atoms with Crippen LogP contribution < -0.4 is 10.0 Å². The van der Waals surface area contributed by atoms with E-state index in [-0.39, 0.29) is 18.2 Å². The van der Waals surface area contributed by atoms with Crippen LogP contribution in [0.1, 0.15) is 17.2 Å². The molecule has 6 nitrogen and oxygen atoms in total. The maximum absolute atomic E-state index is 12.9. The van der Waals surface area contributed by atoms with Crippen molar-refractivity contribution in [3.63, 3.8) is 0 Å². The average Bonchev–Trinajstić information content (AvgIpc) is 2.95. The molecule has 1 amide bonds. The third-order valence-corrected chi connectivity index (χ3v) is 6.74. The summed E-state index contributed by atoms with van der Waals surface area (Å²) in [4.78, 5) is 12.4. The van der Waals surface area contributed by atoms with Crippen LogP contribution in [0.3, 0.4) is 0 Å². The summed E-state index contributed by atoms with van der Waals surface area (Å²) in [5.41, 5.74) is -0.469. The lowest BCUT2D eigenvalue weighted by atomic mass is 9.95. The molecule has 0 aromatic heterocycles.